The number of nitriles is 1. The quantitative estimate of drug-likeness (QED) is 0.598. The Hall–Kier alpha value is -2.30. The van der Waals surface area contributed by atoms with Crippen LogP contribution in [0.15, 0.2) is 47.1 Å². The third-order valence-corrected chi connectivity index (χ3v) is 6.82. The smallest absolute Gasteiger partial charge is 0.129 e. The molecular weight excluding hydrogens is 434 g/mol. The van der Waals surface area contributed by atoms with Gasteiger partial charge < -0.3 is 5.32 Å². The van der Waals surface area contributed by atoms with Crippen molar-refractivity contribution in [2.45, 2.75) is 24.6 Å². The van der Waals surface area contributed by atoms with E-state index in [0.717, 1.165) is 33.0 Å². The SMILES string of the molecule is Cc1cc(Br)ccc1[C@H]1SC[C@H](CC#N)Nc2c1c(-c1ccccn1)nn2C. The van der Waals surface area contributed by atoms with Crippen molar-refractivity contribution in [1.82, 2.24) is 14.8 Å². The lowest BCUT2D eigenvalue weighted by Gasteiger charge is -2.19. The molecule has 0 spiro atoms. The second kappa shape index (κ2) is 7.98. The lowest BCUT2D eigenvalue weighted by Crippen LogP contribution is -2.22. The molecule has 1 N–H and O–H groups in total. The van der Waals surface area contributed by atoms with E-state index in [1.807, 2.05) is 41.7 Å². The van der Waals surface area contributed by atoms with Crippen LogP contribution < -0.4 is 5.32 Å². The summed E-state index contributed by atoms with van der Waals surface area (Å²) in [6.45, 7) is 2.14. The van der Waals surface area contributed by atoms with E-state index in [1.165, 1.54) is 11.1 Å². The molecule has 3 heterocycles. The normalized spacial score (nSPS) is 18.6. The topological polar surface area (TPSA) is 66.5 Å². The summed E-state index contributed by atoms with van der Waals surface area (Å²) in [6, 6.07) is 14.7. The number of fused-ring (bicyclic) bond motifs is 1. The Morgan fingerprint density at radius 2 is 2.21 bits per heavy atom. The molecule has 0 saturated heterocycles. The van der Waals surface area contributed by atoms with E-state index in [9.17, 15) is 5.26 Å². The van der Waals surface area contributed by atoms with Crippen LogP contribution in [0.5, 0.6) is 0 Å². The van der Waals surface area contributed by atoms with Gasteiger partial charge in [0.25, 0.3) is 0 Å². The molecule has 4 rings (SSSR count). The van der Waals surface area contributed by atoms with Crippen LogP contribution in [0.2, 0.25) is 0 Å². The van der Waals surface area contributed by atoms with Crippen molar-refractivity contribution in [1.29, 1.82) is 5.26 Å². The molecule has 28 heavy (non-hydrogen) atoms. The minimum atomic E-state index is 0.0847. The summed E-state index contributed by atoms with van der Waals surface area (Å²) in [7, 11) is 1.95. The summed E-state index contributed by atoms with van der Waals surface area (Å²) in [5.41, 5.74) is 5.38. The number of nitrogens with one attached hydrogen (secondary N) is 1. The van der Waals surface area contributed by atoms with Crippen LogP contribution in [0.1, 0.15) is 28.4 Å². The molecule has 3 aromatic rings. The van der Waals surface area contributed by atoms with Gasteiger partial charge in [0, 0.05) is 35.1 Å². The van der Waals surface area contributed by atoms with Gasteiger partial charge >= 0.3 is 0 Å². The number of rotatable bonds is 3. The Bertz CT molecular complexity index is 1040. The lowest BCUT2D eigenvalue weighted by atomic mass is 9.98. The van der Waals surface area contributed by atoms with Gasteiger partial charge in [0.2, 0.25) is 0 Å². The largest absolute Gasteiger partial charge is 0.365 e. The van der Waals surface area contributed by atoms with Crippen LogP contribution in [0.25, 0.3) is 11.4 Å². The first kappa shape index (κ1) is 19.0. The lowest BCUT2D eigenvalue weighted by molar-refractivity contribution is 0.744. The molecule has 0 fully saturated rings. The van der Waals surface area contributed by atoms with Crippen molar-refractivity contribution in [2.24, 2.45) is 7.05 Å². The van der Waals surface area contributed by atoms with Gasteiger partial charge in [0.1, 0.15) is 11.5 Å². The molecule has 0 amide bonds. The predicted octanol–water partition coefficient (Wildman–Crippen LogP) is 5.08. The van der Waals surface area contributed by atoms with Crippen molar-refractivity contribution in [3.05, 3.63) is 63.8 Å². The van der Waals surface area contributed by atoms with E-state index in [-0.39, 0.29) is 11.3 Å². The highest BCUT2D eigenvalue weighted by Crippen LogP contribution is 2.47. The molecular formula is C21H20BrN5S. The minimum absolute atomic E-state index is 0.0847. The Morgan fingerprint density at radius 3 is 2.93 bits per heavy atom. The highest BCUT2D eigenvalue weighted by Gasteiger charge is 2.32. The maximum atomic E-state index is 9.23. The molecule has 1 aromatic carbocycles. The molecule has 1 aliphatic heterocycles. The fourth-order valence-electron chi connectivity index (χ4n) is 3.58. The standard InChI is InChI=1S/C21H20BrN5S/c1-13-11-14(22)6-7-16(13)20-18-19(17-5-3-4-10-24-17)26-27(2)21(18)25-15(8-9-23)12-28-20/h3-7,10-11,15,20,25H,8,12H2,1-2H3/t15-,20+/m0/s1. The highest BCUT2D eigenvalue weighted by atomic mass is 79.9. The third-order valence-electron chi connectivity index (χ3n) is 4.91. The summed E-state index contributed by atoms with van der Waals surface area (Å²) >= 11 is 5.43. The number of hydrogen-bond acceptors (Lipinski definition) is 5. The number of thioether (sulfide) groups is 1. The zero-order valence-corrected chi connectivity index (χ0v) is 18.1. The minimum Gasteiger partial charge on any atom is -0.365 e. The molecule has 1 aliphatic rings. The van der Waals surface area contributed by atoms with Crippen molar-refractivity contribution in [3.63, 3.8) is 0 Å². The van der Waals surface area contributed by atoms with Crippen molar-refractivity contribution in [2.75, 3.05) is 11.1 Å². The molecule has 5 nitrogen and oxygen atoms in total. The van der Waals surface area contributed by atoms with Crippen LogP contribution in [0, 0.1) is 18.3 Å². The Balaban J connectivity index is 1.91. The average molecular weight is 454 g/mol. The number of halogens is 1. The summed E-state index contributed by atoms with van der Waals surface area (Å²) in [6.07, 6.45) is 2.26. The van der Waals surface area contributed by atoms with Crippen molar-refractivity contribution in [3.8, 4) is 17.5 Å². The van der Waals surface area contributed by atoms with Crippen molar-refractivity contribution < 1.29 is 0 Å². The average Bonchev–Trinajstić information content (AvgIpc) is 2.88. The summed E-state index contributed by atoms with van der Waals surface area (Å²) < 4.78 is 2.96. The monoisotopic (exact) mass is 453 g/mol. The van der Waals surface area contributed by atoms with E-state index in [1.54, 1.807) is 6.20 Å². The molecule has 0 saturated carbocycles. The Kier molecular flexibility index (Phi) is 5.42. The van der Waals surface area contributed by atoms with E-state index in [0.29, 0.717) is 6.42 Å². The molecule has 2 atom stereocenters. The fourth-order valence-corrected chi connectivity index (χ4v) is 5.52. The fraction of sp³-hybridized carbons (Fsp3) is 0.286. The number of benzene rings is 1. The van der Waals surface area contributed by atoms with Gasteiger partial charge in [-0.25, -0.2) is 0 Å². The highest BCUT2D eigenvalue weighted by molar-refractivity contribution is 9.10. The Labute approximate surface area is 177 Å². The molecule has 2 aromatic heterocycles. The summed E-state index contributed by atoms with van der Waals surface area (Å²) in [4.78, 5) is 4.55. The van der Waals surface area contributed by atoms with Gasteiger partial charge in [-0.05, 0) is 42.3 Å². The molecule has 142 valence electrons. The first-order valence-corrected chi connectivity index (χ1v) is 10.9. The molecule has 0 radical (unpaired) electrons. The van der Waals surface area contributed by atoms with Gasteiger partial charge in [0.15, 0.2) is 0 Å². The van der Waals surface area contributed by atoms with Crippen LogP contribution in [0.4, 0.5) is 5.82 Å². The third kappa shape index (κ3) is 3.54. The molecule has 7 heteroatoms. The maximum absolute atomic E-state index is 9.23. The first-order chi connectivity index (χ1) is 13.6. The first-order valence-electron chi connectivity index (χ1n) is 9.08. The van der Waals surface area contributed by atoms with Gasteiger partial charge in [-0.1, -0.05) is 28.1 Å². The van der Waals surface area contributed by atoms with E-state index >= 15 is 0 Å². The summed E-state index contributed by atoms with van der Waals surface area (Å²) in [5.74, 6) is 1.82. The number of hydrogen-bond donors (Lipinski definition) is 1. The van der Waals surface area contributed by atoms with E-state index < -0.39 is 0 Å². The van der Waals surface area contributed by atoms with Crippen molar-refractivity contribution >= 4 is 33.5 Å². The van der Waals surface area contributed by atoms with Crippen LogP contribution >= 0.6 is 27.7 Å². The number of aromatic nitrogens is 3. The second-order valence-electron chi connectivity index (χ2n) is 6.87. The summed E-state index contributed by atoms with van der Waals surface area (Å²) in [5, 5.41) is 17.7. The molecule has 0 aliphatic carbocycles. The van der Waals surface area contributed by atoms with Crippen LogP contribution in [0.3, 0.4) is 0 Å². The maximum Gasteiger partial charge on any atom is 0.129 e. The molecule has 0 bridgehead atoms. The number of nitrogens with zero attached hydrogens (tertiary/aromatic N) is 4. The predicted molar refractivity (Wildman–Crippen MR) is 117 cm³/mol. The van der Waals surface area contributed by atoms with Crippen LogP contribution in [-0.2, 0) is 7.05 Å². The van der Waals surface area contributed by atoms with Crippen LogP contribution in [-0.4, -0.2) is 26.6 Å². The Morgan fingerprint density at radius 1 is 1.36 bits per heavy atom. The second-order valence-corrected chi connectivity index (χ2v) is 8.92. The van der Waals surface area contributed by atoms with E-state index in [2.05, 4.69) is 57.4 Å². The number of pyridine rings is 1. The number of anilines is 1. The zero-order chi connectivity index (χ0) is 19.7. The van der Waals surface area contributed by atoms with E-state index in [4.69, 9.17) is 5.10 Å². The van der Waals surface area contributed by atoms with Gasteiger partial charge in [-0.15, -0.1) is 11.8 Å². The number of aryl methyl sites for hydroxylation is 2. The van der Waals surface area contributed by atoms with Gasteiger partial charge in [-0.2, -0.15) is 10.4 Å². The van der Waals surface area contributed by atoms with Gasteiger partial charge in [-0.3, -0.25) is 9.67 Å². The molecule has 0 unspecified atom stereocenters. The zero-order valence-electron chi connectivity index (χ0n) is 15.7. The van der Waals surface area contributed by atoms with Gasteiger partial charge in [0.05, 0.1) is 23.4 Å².